The average molecular weight is 522 g/mol. The molecule has 0 amide bonds. The molecule has 1 aliphatic carbocycles. The maximum atomic E-state index is 6.18. The highest BCUT2D eigenvalue weighted by Gasteiger charge is 2.30. The molecule has 3 aliphatic rings. The van der Waals surface area contributed by atoms with E-state index in [0.717, 1.165) is 76.6 Å². The van der Waals surface area contributed by atoms with E-state index in [2.05, 4.69) is 100 Å². The second kappa shape index (κ2) is 12.5. The van der Waals surface area contributed by atoms with E-state index in [0.29, 0.717) is 6.61 Å². The standard InChI is InChI=1S/C34H39N3O2/c1-3-7-27(8-4-1)26-39-32-15-16-33-29(25-32)17-20-37(30-9-5-2-6-10-30)34(33)28-11-13-31(14-12-28)38-24-23-36-21-18-35-19-22-36/h1-5,7-9,11-16,25,34-35H,6,10,17-24,26H2. The smallest absolute Gasteiger partial charge is 0.120 e. The molecule has 1 atom stereocenters. The maximum Gasteiger partial charge on any atom is 0.120 e. The van der Waals surface area contributed by atoms with Crippen molar-refractivity contribution in [2.75, 3.05) is 45.9 Å². The van der Waals surface area contributed by atoms with Crippen molar-refractivity contribution in [2.45, 2.75) is 31.9 Å². The van der Waals surface area contributed by atoms with Gasteiger partial charge in [0, 0.05) is 45.0 Å². The number of hydrogen-bond acceptors (Lipinski definition) is 5. The van der Waals surface area contributed by atoms with Gasteiger partial charge < -0.3 is 19.7 Å². The second-order valence-electron chi connectivity index (χ2n) is 10.6. The molecule has 1 fully saturated rings. The second-order valence-corrected chi connectivity index (χ2v) is 10.6. The van der Waals surface area contributed by atoms with E-state index in [1.54, 1.807) is 0 Å². The summed E-state index contributed by atoms with van der Waals surface area (Å²) in [5.41, 5.74) is 6.67. The number of fused-ring (bicyclic) bond motifs is 1. The Bertz CT molecular complexity index is 1280. The van der Waals surface area contributed by atoms with Crippen molar-refractivity contribution in [1.29, 1.82) is 0 Å². The van der Waals surface area contributed by atoms with Crippen molar-refractivity contribution in [1.82, 2.24) is 15.1 Å². The van der Waals surface area contributed by atoms with Gasteiger partial charge in [0.05, 0.1) is 6.04 Å². The zero-order valence-corrected chi connectivity index (χ0v) is 22.7. The molecule has 5 nitrogen and oxygen atoms in total. The Labute approximate surface area is 232 Å². The molecule has 1 N–H and O–H groups in total. The van der Waals surface area contributed by atoms with E-state index < -0.39 is 0 Å². The number of piperazine rings is 1. The van der Waals surface area contributed by atoms with Crippen molar-refractivity contribution in [3.63, 3.8) is 0 Å². The molecule has 5 heteroatoms. The molecule has 1 saturated heterocycles. The third-order valence-electron chi connectivity index (χ3n) is 8.03. The summed E-state index contributed by atoms with van der Waals surface area (Å²) in [5.74, 6) is 1.89. The number of nitrogens with zero attached hydrogens (tertiary/aromatic N) is 2. The van der Waals surface area contributed by atoms with Crippen molar-refractivity contribution in [3.8, 4) is 11.5 Å². The van der Waals surface area contributed by atoms with Crippen LogP contribution < -0.4 is 14.8 Å². The zero-order chi connectivity index (χ0) is 26.3. The van der Waals surface area contributed by atoms with Crippen LogP contribution in [0.5, 0.6) is 11.5 Å². The van der Waals surface area contributed by atoms with Crippen LogP contribution in [0.15, 0.2) is 96.7 Å². The Morgan fingerprint density at radius 1 is 0.821 bits per heavy atom. The first-order valence-electron chi connectivity index (χ1n) is 14.4. The molecule has 6 rings (SSSR count). The van der Waals surface area contributed by atoms with Crippen molar-refractivity contribution in [2.24, 2.45) is 0 Å². The lowest BCUT2D eigenvalue weighted by Gasteiger charge is -2.41. The number of ether oxygens (including phenoxy) is 2. The number of nitrogens with one attached hydrogen (secondary N) is 1. The van der Waals surface area contributed by atoms with Crippen LogP contribution in [0, 0.1) is 0 Å². The lowest BCUT2D eigenvalue weighted by Crippen LogP contribution is -2.44. The lowest BCUT2D eigenvalue weighted by atomic mass is 9.87. The Hall–Kier alpha value is -3.54. The van der Waals surface area contributed by atoms with Crippen molar-refractivity contribution in [3.05, 3.63) is 119 Å². The monoisotopic (exact) mass is 521 g/mol. The predicted octanol–water partition coefficient (Wildman–Crippen LogP) is 5.73. The van der Waals surface area contributed by atoms with Crippen LogP contribution >= 0.6 is 0 Å². The van der Waals surface area contributed by atoms with Gasteiger partial charge in [0.2, 0.25) is 0 Å². The molecular formula is C34H39N3O2. The molecule has 0 radical (unpaired) electrons. The SMILES string of the molecule is C1=CCCC(N2CCc3cc(OCc4ccccc4)ccc3C2c2ccc(OCCN3CCNCC3)cc2)=C1. The normalized spacial score (nSPS) is 19.3. The minimum Gasteiger partial charge on any atom is -0.492 e. The lowest BCUT2D eigenvalue weighted by molar-refractivity contribution is 0.191. The van der Waals surface area contributed by atoms with Gasteiger partial charge in [-0.2, -0.15) is 0 Å². The van der Waals surface area contributed by atoms with Crippen LogP contribution in [0.3, 0.4) is 0 Å². The summed E-state index contributed by atoms with van der Waals surface area (Å²) in [7, 11) is 0. The summed E-state index contributed by atoms with van der Waals surface area (Å²) in [5, 5.41) is 3.41. The average Bonchev–Trinajstić information content (AvgIpc) is 3.01. The summed E-state index contributed by atoms with van der Waals surface area (Å²) >= 11 is 0. The summed E-state index contributed by atoms with van der Waals surface area (Å²) in [6.07, 6.45) is 9.98. The molecule has 202 valence electrons. The van der Waals surface area contributed by atoms with Crippen LogP contribution in [-0.4, -0.2) is 55.7 Å². The van der Waals surface area contributed by atoms with Crippen LogP contribution in [0.2, 0.25) is 0 Å². The van der Waals surface area contributed by atoms with E-state index in [-0.39, 0.29) is 6.04 Å². The van der Waals surface area contributed by atoms with E-state index in [4.69, 9.17) is 9.47 Å². The molecule has 1 unspecified atom stereocenters. The summed E-state index contributed by atoms with van der Waals surface area (Å²) in [6, 6.07) is 26.0. The Kier molecular flexibility index (Phi) is 8.27. The first-order chi connectivity index (χ1) is 19.3. The quantitative estimate of drug-likeness (QED) is 0.389. The van der Waals surface area contributed by atoms with E-state index in [1.165, 1.54) is 28.0 Å². The van der Waals surface area contributed by atoms with Gasteiger partial charge >= 0.3 is 0 Å². The van der Waals surface area contributed by atoms with Gasteiger partial charge in [-0.05, 0) is 71.9 Å². The minimum absolute atomic E-state index is 0.185. The number of allylic oxidation sites excluding steroid dienone is 4. The fourth-order valence-electron chi connectivity index (χ4n) is 5.91. The van der Waals surface area contributed by atoms with E-state index in [9.17, 15) is 0 Å². The molecule has 0 aromatic heterocycles. The first kappa shape index (κ1) is 25.7. The molecule has 3 aromatic rings. The topological polar surface area (TPSA) is 37.0 Å². The van der Waals surface area contributed by atoms with Crippen LogP contribution in [-0.2, 0) is 13.0 Å². The molecule has 0 saturated carbocycles. The first-order valence-corrected chi connectivity index (χ1v) is 14.4. The van der Waals surface area contributed by atoms with Gasteiger partial charge in [0.1, 0.15) is 24.7 Å². The summed E-state index contributed by atoms with van der Waals surface area (Å²) in [6.45, 7) is 7.63. The molecule has 39 heavy (non-hydrogen) atoms. The third kappa shape index (κ3) is 6.38. The molecular weight excluding hydrogens is 482 g/mol. The van der Waals surface area contributed by atoms with Crippen LogP contribution in [0.4, 0.5) is 0 Å². The Morgan fingerprint density at radius 3 is 2.44 bits per heavy atom. The van der Waals surface area contributed by atoms with Crippen molar-refractivity contribution < 1.29 is 9.47 Å². The highest BCUT2D eigenvalue weighted by Crippen LogP contribution is 2.40. The molecule has 2 heterocycles. The van der Waals surface area contributed by atoms with Gasteiger partial charge in [-0.15, -0.1) is 0 Å². The summed E-state index contributed by atoms with van der Waals surface area (Å²) in [4.78, 5) is 5.07. The zero-order valence-electron chi connectivity index (χ0n) is 22.7. The minimum atomic E-state index is 0.185. The van der Waals surface area contributed by atoms with Crippen molar-refractivity contribution >= 4 is 0 Å². The molecule has 2 aliphatic heterocycles. The van der Waals surface area contributed by atoms with Gasteiger partial charge in [0.25, 0.3) is 0 Å². The van der Waals surface area contributed by atoms with Gasteiger partial charge in [-0.25, -0.2) is 0 Å². The number of hydrogen-bond donors (Lipinski definition) is 1. The maximum absolute atomic E-state index is 6.18. The predicted molar refractivity (Wildman–Crippen MR) is 157 cm³/mol. The number of rotatable bonds is 9. The highest BCUT2D eigenvalue weighted by atomic mass is 16.5. The van der Waals surface area contributed by atoms with Gasteiger partial charge in [-0.3, -0.25) is 4.90 Å². The van der Waals surface area contributed by atoms with E-state index in [1.807, 2.05) is 6.07 Å². The molecule has 0 bridgehead atoms. The third-order valence-corrected chi connectivity index (χ3v) is 8.03. The number of benzene rings is 3. The fourth-order valence-corrected chi connectivity index (χ4v) is 5.91. The van der Waals surface area contributed by atoms with E-state index >= 15 is 0 Å². The molecule has 0 spiro atoms. The van der Waals surface area contributed by atoms with Crippen LogP contribution in [0.25, 0.3) is 0 Å². The Balaban J connectivity index is 1.19. The molecule has 3 aromatic carbocycles. The largest absolute Gasteiger partial charge is 0.492 e. The fraction of sp³-hybridized carbons (Fsp3) is 0.353. The Morgan fingerprint density at radius 2 is 1.64 bits per heavy atom. The summed E-state index contributed by atoms with van der Waals surface area (Å²) < 4.78 is 12.3. The highest BCUT2D eigenvalue weighted by molar-refractivity contribution is 5.46. The van der Waals surface area contributed by atoms with Gasteiger partial charge in [0.15, 0.2) is 0 Å². The van der Waals surface area contributed by atoms with Crippen LogP contribution in [0.1, 0.15) is 41.1 Å². The van der Waals surface area contributed by atoms with Gasteiger partial charge in [-0.1, -0.05) is 60.7 Å².